The van der Waals surface area contributed by atoms with Gasteiger partial charge in [0.2, 0.25) is 5.89 Å². The second-order valence-corrected chi connectivity index (χ2v) is 6.86. The SMILES string of the molecule is Cc1coc(C(N)C2C3CC4CC(C3)CC2C4)n1. The Balaban J connectivity index is 1.61. The molecular weight excluding hydrogens is 224 g/mol. The third-order valence-corrected chi connectivity index (χ3v) is 5.64. The van der Waals surface area contributed by atoms with Crippen molar-refractivity contribution in [2.45, 2.75) is 45.1 Å². The fourth-order valence-corrected chi connectivity index (χ4v) is 5.24. The lowest BCUT2D eigenvalue weighted by Crippen LogP contribution is -2.48. The van der Waals surface area contributed by atoms with Gasteiger partial charge in [-0.05, 0) is 68.6 Å². The topological polar surface area (TPSA) is 52.0 Å². The Kier molecular flexibility index (Phi) is 2.35. The summed E-state index contributed by atoms with van der Waals surface area (Å²) in [5, 5.41) is 0. The van der Waals surface area contributed by atoms with Crippen LogP contribution in [0.3, 0.4) is 0 Å². The molecule has 4 aliphatic carbocycles. The molecule has 3 nitrogen and oxygen atoms in total. The number of oxazole rings is 1. The van der Waals surface area contributed by atoms with Gasteiger partial charge in [-0.25, -0.2) is 4.98 Å². The zero-order valence-corrected chi connectivity index (χ0v) is 11.0. The molecule has 4 bridgehead atoms. The summed E-state index contributed by atoms with van der Waals surface area (Å²) in [5.74, 6) is 5.07. The Hall–Kier alpha value is -0.830. The molecule has 1 heterocycles. The minimum absolute atomic E-state index is 0.0219. The van der Waals surface area contributed by atoms with E-state index in [9.17, 15) is 0 Å². The lowest BCUT2D eigenvalue weighted by molar-refractivity contribution is -0.0502. The van der Waals surface area contributed by atoms with Crippen molar-refractivity contribution in [1.82, 2.24) is 4.98 Å². The predicted molar refractivity (Wildman–Crippen MR) is 68.7 cm³/mol. The van der Waals surface area contributed by atoms with Gasteiger partial charge in [0.05, 0.1) is 11.7 Å². The Morgan fingerprint density at radius 3 is 2.28 bits per heavy atom. The molecule has 98 valence electrons. The monoisotopic (exact) mass is 246 g/mol. The van der Waals surface area contributed by atoms with Gasteiger partial charge in [-0.3, -0.25) is 0 Å². The van der Waals surface area contributed by atoms with Crippen LogP contribution in [-0.2, 0) is 0 Å². The van der Waals surface area contributed by atoms with Crippen molar-refractivity contribution in [3.63, 3.8) is 0 Å². The molecule has 0 spiro atoms. The number of hydrogen-bond donors (Lipinski definition) is 1. The third kappa shape index (κ3) is 1.56. The van der Waals surface area contributed by atoms with Gasteiger partial charge in [0.25, 0.3) is 0 Å². The van der Waals surface area contributed by atoms with Crippen molar-refractivity contribution in [3.8, 4) is 0 Å². The molecule has 0 aromatic carbocycles. The van der Waals surface area contributed by atoms with E-state index in [1.807, 2.05) is 6.92 Å². The molecule has 0 amide bonds. The molecule has 0 aliphatic heterocycles. The molecule has 1 unspecified atom stereocenters. The second-order valence-electron chi connectivity index (χ2n) is 6.86. The second kappa shape index (κ2) is 3.83. The van der Waals surface area contributed by atoms with Crippen molar-refractivity contribution in [1.29, 1.82) is 0 Å². The van der Waals surface area contributed by atoms with E-state index in [0.717, 1.165) is 35.3 Å². The first-order valence-electron chi connectivity index (χ1n) is 7.38. The first-order chi connectivity index (χ1) is 8.70. The van der Waals surface area contributed by atoms with Gasteiger partial charge in [-0.15, -0.1) is 0 Å². The van der Waals surface area contributed by atoms with Crippen LogP contribution in [0.15, 0.2) is 10.7 Å². The van der Waals surface area contributed by atoms with Crippen LogP contribution in [0, 0.1) is 36.5 Å². The van der Waals surface area contributed by atoms with Crippen LogP contribution < -0.4 is 5.73 Å². The smallest absolute Gasteiger partial charge is 0.211 e. The number of nitrogens with two attached hydrogens (primary N) is 1. The Morgan fingerprint density at radius 1 is 1.17 bits per heavy atom. The van der Waals surface area contributed by atoms with Gasteiger partial charge in [0, 0.05) is 0 Å². The van der Waals surface area contributed by atoms with Crippen LogP contribution >= 0.6 is 0 Å². The first kappa shape index (κ1) is 11.0. The first-order valence-corrected chi connectivity index (χ1v) is 7.38. The third-order valence-electron chi connectivity index (χ3n) is 5.64. The quantitative estimate of drug-likeness (QED) is 0.872. The van der Waals surface area contributed by atoms with E-state index in [2.05, 4.69) is 4.98 Å². The van der Waals surface area contributed by atoms with Crippen molar-refractivity contribution >= 4 is 0 Å². The molecule has 4 saturated carbocycles. The summed E-state index contributed by atoms with van der Waals surface area (Å²) in [6.45, 7) is 1.97. The highest BCUT2D eigenvalue weighted by molar-refractivity contribution is 5.06. The molecule has 2 N–H and O–H groups in total. The van der Waals surface area contributed by atoms with E-state index in [0.29, 0.717) is 5.92 Å². The molecule has 1 aromatic rings. The van der Waals surface area contributed by atoms with E-state index < -0.39 is 0 Å². The predicted octanol–water partition coefficient (Wildman–Crippen LogP) is 3.06. The zero-order chi connectivity index (χ0) is 12.3. The largest absolute Gasteiger partial charge is 0.447 e. The van der Waals surface area contributed by atoms with Gasteiger partial charge in [0.15, 0.2) is 0 Å². The van der Waals surface area contributed by atoms with E-state index in [-0.39, 0.29) is 6.04 Å². The van der Waals surface area contributed by atoms with Crippen molar-refractivity contribution < 1.29 is 4.42 Å². The summed E-state index contributed by atoms with van der Waals surface area (Å²) >= 11 is 0. The van der Waals surface area contributed by atoms with Gasteiger partial charge >= 0.3 is 0 Å². The van der Waals surface area contributed by atoms with Crippen LogP contribution in [0.5, 0.6) is 0 Å². The highest BCUT2D eigenvalue weighted by Gasteiger charge is 2.50. The van der Waals surface area contributed by atoms with Crippen molar-refractivity contribution in [3.05, 3.63) is 17.8 Å². The molecule has 5 rings (SSSR count). The standard InChI is InChI=1S/C15H22N2O/c1-8-7-18-15(17-8)14(16)13-11-3-9-2-10(5-11)6-12(13)4-9/h7,9-14H,2-6,16H2,1H3. The van der Waals surface area contributed by atoms with Gasteiger partial charge in [-0.2, -0.15) is 0 Å². The van der Waals surface area contributed by atoms with Crippen molar-refractivity contribution in [2.24, 2.45) is 35.3 Å². The van der Waals surface area contributed by atoms with Crippen LogP contribution in [0.1, 0.15) is 49.7 Å². The van der Waals surface area contributed by atoms with E-state index in [1.54, 1.807) is 6.26 Å². The molecule has 1 aromatic heterocycles. The van der Waals surface area contributed by atoms with E-state index >= 15 is 0 Å². The van der Waals surface area contributed by atoms with Crippen molar-refractivity contribution in [2.75, 3.05) is 0 Å². The van der Waals surface area contributed by atoms with Crippen LogP contribution in [0.25, 0.3) is 0 Å². The number of rotatable bonds is 2. The van der Waals surface area contributed by atoms with Gasteiger partial charge in [0.1, 0.15) is 6.26 Å². The molecular formula is C15H22N2O. The Labute approximate surface area is 108 Å². The summed E-state index contributed by atoms with van der Waals surface area (Å²) in [5.41, 5.74) is 7.43. The summed E-state index contributed by atoms with van der Waals surface area (Å²) in [7, 11) is 0. The summed E-state index contributed by atoms with van der Waals surface area (Å²) in [6, 6.07) is 0.0219. The summed E-state index contributed by atoms with van der Waals surface area (Å²) in [6.07, 6.45) is 8.85. The van der Waals surface area contributed by atoms with E-state index in [4.69, 9.17) is 10.2 Å². The Morgan fingerprint density at radius 2 is 1.78 bits per heavy atom. The molecule has 18 heavy (non-hydrogen) atoms. The molecule has 4 fully saturated rings. The van der Waals surface area contributed by atoms with Gasteiger partial charge in [-0.1, -0.05) is 0 Å². The molecule has 0 radical (unpaired) electrons. The van der Waals surface area contributed by atoms with Crippen LogP contribution in [0.4, 0.5) is 0 Å². The summed E-state index contributed by atoms with van der Waals surface area (Å²) < 4.78 is 5.55. The highest BCUT2D eigenvalue weighted by Crippen LogP contribution is 2.58. The molecule has 4 aliphatic rings. The lowest BCUT2D eigenvalue weighted by Gasteiger charge is -2.55. The fraction of sp³-hybridized carbons (Fsp3) is 0.800. The average molecular weight is 246 g/mol. The highest BCUT2D eigenvalue weighted by atomic mass is 16.3. The summed E-state index contributed by atoms with van der Waals surface area (Å²) in [4.78, 5) is 4.45. The maximum Gasteiger partial charge on any atom is 0.211 e. The molecule has 0 saturated heterocycles. The zero-order valence-electron chi connectivity index (χ0n) is 11.0. The maximum absolute atomic E-state index is 6.48. The van der Waals surface area contributed by atoms with E-state index in [1.165, 1.54) is 32.1 Å². The average Bonchev–Trinajstić information content (AvgIpc) is 2.74. The number of aryl methyl sites for hydroxylation is 1. The molecule has 3 heteroatoms. The Bertz CT molecular complexity index is 425. The number of nitrogens with zero attached hydrogens (tertiary/aromatic N) is 1. The van der Waals surface area contributed by atoms with Crippen LogP contribution in [-0.4, -0.2) is 4.98 Å². The minimum atomic E-state index is 0.0219. The minimum Gasteiger partial charge on any atom is -0.447 e. The normalized spacial score (nSPS) is 43.3. The van der Waals surface area contributed by atoms with Crippen LogP contribution in [0.2, 0.25) is 0 Å². The van der Waals surface area contributed by atoms with Gasteiger partial charge < -0.3 is 10.2 Å². The number of aromatic nitrogens is 1. The maximum atomic E-state index is 6.48. The number of hydrogen-bond acceptors (Lipinski definition) is 3. The molecule has 1 atom stereocenters. The lowest BCUT2D eigenvalue weighted by atomic mass is 9.50. The fourth-order valence-electron chi connectivity index (χ4n) is 5.24.